The Morgan fingerprint density at radius 2 is 2.11 bits per heavy atom. The number of nitrogen functional groups attached to an aromatic ring is 1. The normalized spacial score (nSPS) is 11.5. The zero-order valence-electron chi connectivity index (χ0n) is 9.48. The van der Waals surface area contributed by atoms with Crippen molar-refractivity contribution in [1.82, 2.24) is 20.1 Å². The second-order valence-corrected chi connectivity index (χ2v) is 3.52. The van der Waals surface area contributed by atoms with Crippen LogP contribution in [-0.4, -0.2) is 26.7 Å². The van der Waals surface area contributed by atoms with Crippen molar-refractivity contribution in [3.63, 3.8) is 0 Å². The summed E-state index contributed by atoms with van der Waals surface area (Å²) in [5.74, 6) is -0.0224. The number of nitrogens with two attached hydrogens (primary N) is 1. The Kier molecular flexibility index (Phi) is 3.49. The Morgan fingerprint density at radius 1 is 1.32 bits per heavy atom. The molecule has 0 bridgehead atoms. The fraction of sp³-hybridized carbons (Fsp3) is 0.333. The molecule has 2 rings (SSSR count). The number of rotatable bonds is 4. The van der Waals surface area contributed by atoms with E-state index >= 15 is 0 Å². The third-order valence-electron chi connectivity index (χ3n) is 2.10. The van der Waals surface area contributed by atoms with Gasteiger partial charge < -0.3 is 15.6 Å². The first-order valence-corrected chi connectivity index (χ1v) is 5.16. The highest BCUT2D eigenvalue weighted by Gasteiger charge is 2.33. The maximum absolute atomic E-state index is 12.5. The molecule has 0 aliphatic heterocycles. The van der Waals surface area contributed by atoms with Gasteiger partial charge in [0.15, 0.2) is 11.5 Å². The molecule has 0 saturated heterocycles. The van der Waals surface area contributed by atoms with E-state index in [1.54, 1.807) is 0 Å². The highest BCUT2D eigenvalue weighted by molar-refractivity contribution is 5.41. The van der Waals surface area contributed by atoms with Crippen LogP contribution < -0.4 is 11.1 Å². The van der Waals surface area contributed by atoms with Crippen molar-refractivity contribution >= 4 is 11.8 Å². The zero-order valence-corrected chi connectivity index (χ0v) is 9.48. The first-order valence-electron chi connectivity index (χ1n) is 5.16. The molecule has 0 fully saturated rings. The van der Waals surface area contributed by atoms with Crippen LogP contribution in [0.25, 0.3) is 0 Å². The van der Waals surface area contributed by atoms with Gasteiger partial charge in [-0.25, -0.2) is 4.98 Å². The molecule has 2 aromatic rings. The Labute approximate surface area is 105 Å². The molecule has 3 N–H and O–H groups in total. The topological polar surface area (TPSA) is 103 Å². The van der Waals surface area contributed by atoms with Crippen LogP contribution in [0.2, 0.25) is 0 Å². The minimum Gasteiger partial charge on any atom is -0.369 e. The second-order valence-electron chi connectivity index (χ2n) is 3.52. The molecule has 0 aliphatic carbocycles. The molecular formula is C9H9F3N6O. The standard InChI is InChI=1S/C9H9F3N6O/c10-9(11,12)5-3-7(17-8(13)16-5)14-2-1-6-15-4-19-18-6/h3-4H,1-2H2,(H3,13,14,16,17). The molecular weight excluding hydrogens is 265 g/mol. The van der Waals surface area contributed by atoms with Gasteiger partial charge in [0, 0.05) is 19.0 Å². The van der Waals surface area contributed by atoms with E-state index in [4.69, 9.17) is 5.73 Å². The summed E-state index contributed by atoms with van der Waals surface area (Å²) in [6, 6.07) is 0.784. The summed E-state index contributed by atoms with van der Waals surface area (Å²) in [5.41, 5.74) is 4.13. The molecule has 2 aromatic heterocycles. The molecule has 0 aromatic carbocycles. The number of nitrogens with zero attached hydrogens (tertiary/aromatic N) is 4. The van der Waals surface area contributed by atoms with Crippen molar-refractivity contribution in [2.75, 3.05) is 17.6 Å². The molecule has 0 unspecified atom stereocenters. The van der Waals surface area contributed by atoms with Gasteiger partial charge in [-0.05, 0) is 0 Å². The average Bonchev–Trinajstić information content (AvgIpc) is 2.80. The van der Waals surface area contributed by atoms with Crippen molar-refractivity contribution in [3.05, 3.63) is 24.0 Å². The summed E-state index contributed by atoms with van der Waals surface area (Å²) < 4.78 is 42.0. The monoisotopic (exact) mass is 274 g/mol. The molecule has 19 heavy (non-hydrogen) atoms. The van der Waals surface area contributed by atoms with Crippen LogP contribution in [0.15, 0.2) is 17.0 Å². The molecule has 7 nitrogen and oxygen atoms in total. The van der Waals surface area contributed by atoms with E-state index in [1.165, 1.54) is 6.39 Å². The number of alkyl halides is 3. The summed E-state index contributed by atoms with van der Waals surface area (Å²) in [6.07, 6.45) is -3.03. The van der Waals surface area contributed by atoms with Crippen molar-refractivity contribution < 1.29 is 17.7 Å². The van der Waals surface area contributed by atoms with E-state index in [0.29, 0.717) is 12.2 Å². The zero-order chi connectivity index (χ0) is 13.9. The van der Waals surface area contributed by atoms with Gasteiger partial charge in [-0.2, -0.15) is 23.1 Å². The SMILES string of the molecule is Nc1nc(NCCc2ncon2)cc(C(F)(F)F)n1. The van der Waals surface area contributed by atoms with Crippen molar-refractivity contribution in [1.29, 1.82) is 0 Å². The quantitative estimate of drug-likeness (QED) is 0.860. The lowest BCUT2D eigenvalue weighted by Gasteiger charge is -2.09. The number of hydrogen-bond donors (Lipinski definition) is 2. The van der Waals surface area contributed by atoms with Crippen LogP contribution in [0.5, 0.6) is 0 Å². The van der Waals surface area contributed by atoms with Gasteiger partial charge in [-0.3, -0.25) is 0 Å². The van der Waals surface area contributed by atoms with Gasteiger partial charge >= 0.3 is 6.18 Å². The maximum Gasteiger partial charge on any atom is 0.433 e. The first kappa shape index (κ1) is 13.1. The molecule has 0 spiro atoms. The van der Waals surface area contributed by atoms with Gasteiger partial charge in [0.2, 0.25) is 12.3 Å². The van der Waals surface area contributed by atoms with Gasteiger partial charge in [-0.1, -0.05) is 5.16 Å². The fourth-order valence-corrected chi connectivity index (χ4v) is 1.31. The number of aromatic nitrogens is 4. The minimum atomic E-state index is -4.57. The molecule has 0 radical (unpaired) electrons. The number of nitrogens with one attached hydrogen (secondary N) is 1. The van der Waals surface area contributed by atoms with Crippen molar-refractivity contribution in [2.24, 2.45) is 0 Å². The molecule has 0 atom stereocenters. The van der Waals surface area contributed by atoms with E-state index in [0.717, 1.165) is 6.07 Å². The Hall–Kier alpha value is -2.39. The van der Waals surface area contributed by atoms with Gasteiger partial charge in [0.25, 0.3) is 0 Å². The molecule has 2 heterocycles. The summed E-state index contributed by atoms with van der Waals surface area (Å²) in [4.78, 5) is 10.5. The van der Waals surface area contributed by atoms with E-state index in [9.17, 15) is 13.2 Å². The van der Waals surface area contributed by atoms with E-state index in [1.807, 2.05) is 0 Å². The smallest absolute Gasteiger partial charge is 0.369 e. The Morgan fingerprint density at radius 3 is 2.74 bits per heavy atom. The van der Waals surface area contributed by atoms with Gasteiger partial charge in [0.05, 0.1) is 0 Å². The number of hydrogen-bond acceptors (Lipinski definition) is 7. The third kappa shape index (κ3) is 3.53. The molecule has 0 saturated carbocycles. The Balaban J connectivity index is 2.02. The van der Waals surface area contributed by atoms with Crippen LogP contribution >= 0.6 is 0 Å². The van der Waals surface area contributed by atoms with Crippen LogP contribution in [0.1, 0.15) is 11.5 Å². The summed E-state index contributed by atoms with van der Waals surface area (Å²) in [5, 5.41) is 6.24. The Bertz CT molecular complexity index is 541. The predicted molar refractivity (Wildman–Crippen MR) is 57.9 cm³/mol. The molecule has 102 valence electrons. The third-order valence-corrected chi connectivity index (χ3v) is 2.10. The largest absolute Gasteiger partial charge is 0.433 e. The van der Waals surface area contributed by atoms with Gasteiger partial charge in [0.1, 0.15) is 5.82 Å². The predicted octanol–water partition coefficient (Wildman–Crippen LogP) is 1.12. The minimum absolute atomic E-state index is 0.0108. The van der Waals surface area contributed by atoms with E-state index in [2.05, 4.69) is 29.9 Å². The average molecular weight is 274 g/mol. The molecule has 10 heteroatoms. The lowest BCUT2D eigenvalue weighted by atomic mass is 10.3. The van der Waals surface area contributed by atoms with Gasteiger partial charge in [-0.15, -0.1) is 0 Å². The number of anilines is 2. The maximum atomic E-state index is 12.5. The number of halogens is 3. The second kappa shape index (κ2) is 5.08. The first-order chi connectivity index (χ1) is 8.95. The van der Waals surface area contributed by atoms with Crippen LogP contribution in [0, 0.1) is 0 Å². The highest BCUT2D eigenvalue weighted by atomic mass is 19.4. The fourth-order valence-electron chi connectivity index (χ4n) is 1.31. The van der Waals surface area contributed by atoms with Crippen LogP contribution in [0.3, 0.4) is 0 Å². The van der Waals surface area contributed by atoms with Crippen molar-refractivity contribution in [3.8, 4) is 0 Å². The highest BCUT2D eigenvalue weighted by Crippen LogP contribution is 2.29. The lowest BCUT2D eigenvalue weighted by Crippen LogP contribution is -2.14. The lowest BCUT2D eigenvalue weighted by molar-refractivity contribution is -0.141. The van der Waals surface area contributed by atoms with E-state index in [-0.39, 0.29) is 12.4 Å². The summed E-state index contributed by atoms with van der Waals surface area (Å²) in [7, 11) is 0. The van der Waals surface area contributed by atoms with Crippen LogP contribution in [0.4, 0.5) is 24.9 Å². The van der Waals surface area contributed by atoms with E-state index < -0.39 is 17.8 Å². The molecule has 0 aliphatic rings. The molecule has 0 amide bonds. The van der Waals surface area contributed by atoms with Crippen LogP contribution in [-0.2, 0) is 12.6 Å². The summed E-state index contributed by atoms with van der Waals surface area (Å²) >= 11 is 0. The van der Waals surface area contributed by atoms with Crippen molar-refractivity contribution in [2.45, 2.75) is 12.6 Å². The summed E-state index contributed by atoms with van der Waals surface area (Å²) in [6.45, 7) is 0.285.